The second kappa shape index (κ2) is 8.50. The molecular weight excluding hydrogens is 274 g/mol. The molecule has 0 saturated carbocycles. The Hall–Kier alpha value is -1.66. The van der Waals surface area contributed by atoms with Crippen molar-refractivity contribution in [3.8, 4) is 0 Å². The number of hydrogen-bond donors (Lipinski definition) is 3. The van der Waals surface area contributed by atoms with Crippen molar-refractivity contribution in [3.05, 3.63) is 35.9 Å². The monoisotopic (exact) mass is 295 g/mol. The molecule has 0 bridgehead atoms. The molecular formula is C14H21N3O2S. The number of carboxylic acid groups (broad SMARTS) is 1. The quantitative estimate of drug-likeness (QED) is 0.554. The minimum Gasteiger partial charge on any atom is -0.465 e. The maximum Gasteiger partial charge on any atom is 0.410 e. The number of carbonyl (C=O) groups is 1. The third-order valence-corrected chi connectivity index (χ3v) is 3.26. The molecule has 0 saturated heterocycles. The van der Waals surface area contributed by atoms with Crippen molar-refractivity contribution < 1.29 is 9.90 Å². The second-order valence-corrected chi connectivity index (χ2v) is 4.74. The van der Waals surface area contributed by atoms with Crippen LogP contribution in [-0.4, -0.2) is 40.5 Å². The molecule has 0 aliphatic heterocycles. The highest BCUT2D eigenvalue weighted by molar-refractivity contribution is 7.80. The van der Waals surface area contributed by atoms with Crippen LogP contribution in [0.3, 0.4) is 0 Å². The molecule has 0 spiro atoms. The van der Waals surface area contributed by atoms with Crippen LogP contribution in [0, 0.1) is 0 Å². The summed E-state index contributed by atoms with van der Waals surface area (Å²) >= 11 is 5.01. The minimum atomic E-state index is -1.15. The lowest BCUT2D eigenvalue weighted by atomic mass is 10.1. The predicted molar refractivity (Wildman–Crippen MR) is 83.7 cm³/mol. The largest absolute Gasteiger partial charge is 0.465 e. The van der Waals surface area contributed by atoms with Crippen LogP contribution >= 0.6 is 12.2 Å². The van der Waals surface area contributed by atoms with Crippen molar-refractivity contribution in [3.63, 3.8) is 0 Å². The molecule has 3 N–H and O–H groups in total. The number of nitrogens with one attached hydrogen (secondary N) is 2. The van der Waals surface area contributed by atoms with Crippen molar-refractivity contribution in [1.82, 2.24) is 15.5 Å². The van der Waals surface area contributed by atoms with Crippen LogP contribution in [0.4, 0.5) is 4.79 Å². The molecule has 110 valence electrons. The molecule has 0 aromatic heterocycles. The van der Waals surface area contributed by atoms with Gasteiger partial charge in [0.2, 0.25) is 0 Å². The first kappa shape index (κ1) is 16.4. The van der Waals surface area contributed by atoms with Crippen LogP contribution in [0.2, 0.25) is 0 Å². The lowest BCUT2D eigenvalue weighted by Crippen LogP contribution is -2.53. The number of likely N-dealkylation sites (N-methyl/N-ethyl adjacent to an activating group) is 1. The standard InChI is InChI=1S/C14H21N3O2S/c1-3-17(4-2)12(15-13(20)16-14(18)19)10-11-8-6-5-7-9-11/h5-9,12H,3-4,10H2,1-2H3,(H,18,19)(H2,15,16,20). The van der Waals surface area contributed by atoms with Gasteiger partial charge in [0.05, 0.1) is 6.17 Å². The minimum absolute atomic E-state index is 0.0354. The summed E-state index contributed by atoms with van der Waals surface area (Å²) in [6, 6.07) is 10.0. The molecule has 5 nitrogen and oxygen atoms in total. The van der Waals surface area contributed by atoms with Crippen LogP contribution in [0.1, 0.15) is 19.4 Å². The Labute approximate surface area is 125 Å². The topological polar surface area (TPSA) is 64.6 Å². The van der Waals surface area contributed by atoms with Crippen LogP contribution in [0.25, 0.3) is 0 Å². The van der Waals surface area contributed by atoms with E-state index < -0.39 is 6.09 Å². The van der Waals surface area contributed by atoms with Gasteiger partial charge in [0, 0.05) is 6.42 Å². The molecule has 1 atom stereocenters. The average molecular weight is 295 g/mol. The molecule has 1 amide bonds. The Morgan fingerprint density at radius 3 is 2.40 bits per heavy atom. The van der Waals surface area contributed by atoms with Gasteiger partial charge in [-0.3, -0.25) is 10.2 Å². The van der Waals surface area contributed by atoms with Crippen LogP contribution in [-0.2, 0) is 6.42 Å². The van der Waals surface area contributed by atoms with E-state index in [1.165, 1.54) is 5.56 Å². The van der Waals surface area contributed by atoms with Gasteiger partial charge in [0.15, 0.2) is 5.11 Å². The predicted octanol–water partition coefficient (Wildman–Crippen LogP) is 2.04. The number of nitrogens with zero attached hydrogens (tertiary/aromatic N) is 1. The zero-order valence-electron chi connectivity index (χ0n) is 11.8. The van der Waals surface area contributed by atoms with Gasteiger partial charge in [0.25, 0.3) is 0 Å². The lowest BCUT2D eigenvalue weighted by Gasteiger charge is -2.31. The van der Waals surface area contributed by atoms with E-state index in [2.05, 4.69) is 29.4 Å². The van der Waals surface area contributed by atoms with Crippen molar-refractivity contribution in [2.45, 2.75) is 26.4 Å². The van der Waals surface area contributed by atoms with Crippen molar-refractivity contribution in [2.24, 2.45) is 0 Å². The summed E-state index contributed by atoms with van der Waals surface area (Å²) < 4.78 is 0. The summed E-state index contributed by atoms with van der Waals surface area (Å²) in [4.78, 5) is 12.8. The van der Waals surface area contributed by atoms with E-state index >= 15 is 0 Å². The molecule has 0 fully saturated rings. The van der Waals surface area contributed by atoms with E-state index in [4.69, 9.17) is 17.3 Å². The number of benzene rings is 1. The fraction of sp³-hybridized carbons (Fsp3) is 0.429. The van der Waals surface area contributed by atoms with Gasteiger partial charge in [-0.25, -0.2) is 4.79 Å². The molecule has 1 unspecified atom stereocenters. The van der Waals surface area contributed by atoms with Crippen molar-refractivity contribution in [2.75, 3.05) is 13.1 Å². The Kier molecular flexibility index (Phi) is 6.97. The first-order valence-corrected chi connectivity index (χ1v) is 7.06. The number of thiocarbonyl (C=S) groups is 1. The first-order chi connectivity index (χ1) is 9.56. The van der Waals surface area contributed by atoms with Gasteiger partial charge >= 0.3 is 6.09 Å². The molecule has 1 aromatic rings. The van der Waals surface area contributed by atoms with Crippen molar-refractivity contribution >= 4 is 23.4 Å². The molecule has 6 heteroatoms. The molecule has 0 heterocycles. The third kappa shape index (κ3) is 5.54. The maximum absolute atomic E-state index is 10.6. The SMILES string of the molecule is CCN(CC)C(Cc1ccccc1)NC(=S)NC(=O)O. The summed E-state index contributed by atoms with van der Waals surface area (Å²) in [5.74, 6) is 0. The van der Waals surface area contributed by atoms with Gasteiger partial charge < -0.3 is 10.4 Å². The van der Waals surface area contributed by atoms with E-state index in [9.17, 15) is 4.79 Å². The Bertz CT molecular complexity index is 435. The van der Waals surface area contributed by atoms with Crippen LogP contribution < -0.4 is 10.6 Å². The number of rotatable bonds is 6. The number of hydrogen-bond acceptors (Lipinski definition) is 3. The Balaban J connectivity index is 2.74. The molecule has 20 heavy (non-hydrogen) atoms. The average Bonchev–Trinajstić information content (AvgIpc) is 2.40. The fourth-order valence-corrected chi connectivity index (χ4v) is 2.28. The summed E-state index contributed by atoms with van der Waals surface area (Å²) in [5, 5.41) is 14.1. The second-order valence-electron chi connectivity index (χ2n) is 4.33. The van der Waals surface area contributed by atoms with E-state index in [0.717, 1.165) is 19.5 Å². The highest BCUT2D eigenvalue weighted by Gasteiger charge is 2.17. The number of amides is 1. The highest BCUT2D eigenvalue weighted by Crippen LogP contribution is 2.07. The molecule has 0 aliphatic carbocycles. The van der Waals surface area contributed by atoms with E-state index in [-0.39, 0.29) is 11.3 Å². The van der Waals surface area contributed by atoms with Crippen molar-refractivity contribution in [1.29, 1.82) is 0 Å². The highest BCUT2D eigenvalue weighted by atomic mass is 32.1. The van der Waals surface area contributed by atoms with Gasteiger partial charge in [-0.1, -0.05) is 44.2 Å². The van der Waals surface area contributed by atoms with Crippen LogP contribution in [0.5, 0.6) is 0 Å². The van der Waals surface area contributed by atoms with Gasteiger partial charge in [-0.05, 0) is 30.9 Å². The van der Waals surface area contributed by atoms with E-state index in [1.54, 1.807) is 0 Å². The normalized spacial score (nSPS) is 11.9. The summed E-state index contributed by atoms with van der Waals surface area (Å²) in [7, 11) is 0. The molecule has 0 aliphatic rings. The molecule has 1 aromatic carbocycles. The van der Waals surface area contributed by atoms with E-state index in [1.807, 2.05) is 30.3 Å². The zero-order valence-corrected chi connectivity index (χ0v) is 12.6. The van der Waals surface area contributed by atoms with Gasteiger partial charge in [-0.15, -0.1) is 0 Å². The zero-order chi connectivity index (χ0) is 15.0. The summed E-state index contributed by atoms with van der Waals surface area (Å²) in [6.07, 6.45) is -0.434. The Morgan fingerprint density at radius 1 is 1.30 bits per heavy atom. The fourth-order valence-electron chi connectivity index (χ4n) is 2.06. The first-order valence-electron chi connectivity index (χ1n) is 6.65. The van der Waals surface area contributed by atoms with Crippen LogP contribution in [0.15, 0.2) is 30.3 Å². The maximum atomic E-state index is 10.6. The van der Waals surface area contributed by atoms with Gasteiger partial charge in [-0.2, -0.15) is 0 Å². The summed E-state index contributed by atoms with van der Waals surface area (Å²) in [6.45, 7) is 5.85. The third-order valence-electron chi connectivity index (χ3n) is 3.04. The Morgan fingerprint density at radius 2 is 1.90 bits per heavy atom. The summed E-state index contributed by atoms with van der Waals surface area (Å²) in [5.41, 5.74) is 1.18. The molecule has 1 rings (SSSR count). The smallest absolute Gasteiger partial charge is 0.410 e. The van der Waals surface area contributed by atoms with E-state index in [0.29, 0.717) is 0 Å². The van der Waals surface area contributed by atoms with Gasteiger partial charge in [0.1, 0.15) is 0 Å². The lowest BCUT2D eigenvalue weighted by molar-refractivity contribution is 0.193. The molecule has 0 radical (unpaired) electrons.